The topological polar surface area (TPSA) is 72.2 Å². The molecule has 2 aromatic carbocycles. The molecule has 2 amide bonds. The van der Waals surface area contributed by atoms with Crippen molar-refractivity contribution in [2.45, 2.75) is 26.3 Å². The van der Waals surface area contributed by atoms with Crippen LogP contribution >= 0.6 is 0 Å². The van der Waals surface area contributed by atoms with E-state index in [1.165, 1.54) is 5.56 Å². The predicted molar refractivity (Wildman–Crippen MR) is 91.0 cm³/mol. The van der Waals surface area contributed by atoms with Crippen molar-refractivity contribution in [2.24, 2.45) is 11.7 Å². The normalized spacial score (nSPS) is 12.0. The van der Waals surface area contributed by atoms with Crippen molar-refractivity contribution in [2.75, 3.05) is 0 Å². The van der Waals surface area contributed by atoms with Gasteiger partial charge in [-0.25, -0.2) is 0 Å². The van der Waals surface area contributed by atoms with Crippen molar-refractivity contribution in [1.29, 1.82) is 0 Å². The van der Waals surface area contributed by atoms with E-state index in [1.54, 1.807) is 12.1 Å². The second-order valence-electron chi connectivity index (χ2n) is 5.96. The lowest BCUT2D eigenvalue weighted by Crippen LogP contribution is -2.47. The fourth-order valence-electron chi connectivity index (χ4n) is 2.40. The lowest BCUT2D eigenvalue weighted by Gasteiger charge is -2.19. The zero-order valence-electron chi connectivity index (χ0n) is 13.5. The van der Waals surface area contributed by atoms with Gasteiger partial charge in [0.25, 0.3) is 5.91 Å². The number of nitrogens with two attached hydrogens (primary N) is 1. The van der Waals surface area contributed by atoms with Crippen LogP contribution in [0.15, 0.2) is 54.6 Å². The average Bonchev–Trinajstić information content (AvgIpc) is 2.53. The number of carbonyl (C=O) groups is 2. The summed E-state index contributed by atoms with van der Waals surface area (Å²) >= 11 is 0. The third kappa shape index (κ3) is 4.68. The summed E-state index contributed by atoms with van der Waals surface area (Å²) < 4.78 is 0. The molecule has 3 N–H and O–H groups in total. The standard InChI is InChI=1S/C19H22N2O2/c1-13(2)17(18(20)22)21-19(23)16-10-8-15(9-11-16)12-14-6-4-3-5-7-14/h3-11,13,17H,12H2,1-2H3,(H2,20,22)(H,21,23)/t17-/m1/s1. The monoisotopic (exact) mass is 310 g/mol. The molecule has 0 unspecified atom stereocenters. The van der Waals surface area contributed by atoms with Gasteiger partial charge in [-0.2, -0.15) is 0 Å². The molecular weight excluding hydrogens is 288 g/mol. The number of carbonyl (C=O) groups excluding carboxylic acids is 2. The summed E-state index contributed by atoms with van der Waals surface area (Å²) in [6.45, 7) is 3.69. The quantitative estimate of drug-likeness (QED) is 0.860. The van der Waals surface area contributed by atoms with E-state index in [4.69, 9.17) is 5.73 Å². The highest BCUT2D eigenvalue weighted by Gasteiger charge is 2.22. The lowest BCUT2D eigenvalue weighted by atomic mass is 10.0. The van der Waals surface area contributed by atoms with Gasteiger partial charge < -0.3 is 11.1 Å². The van der Waals surface area contributed by atoms with E-state index < -0.39 is 11.9 Å². The molecule has 0 saturated heterocycles. The molecule has 2 rings (SSSR count). The zero-order valence-corrected chi connectivity index (χ0v) is 13.5. The van der Waals surface area contributed by atoms with E-state index in [2.05, 4.69) is 17.4 Å². The van der Waals surface area contributed by atoms with Gasteiger partial charge in [0.05, 0.1) is 0 Å². The minimum atomic E-state index is -0.661. The second-order valence-corrected chi connectivity index (χ2v) is 5.96. The Hall–Kier alpha value is -2.62. The molecule has 23 heavy (non-hydrogen) atoms. The highest BCUT2D eigenvalue weighted by molar-refractivity contribution is 5.97. The zero-order chi connectivity index (χ0) is 16.8. The average molecular weight is 310 g/mol. The minimum absolute atomic E-state index is 0.0474. The summed E-state index contributed by atoms with van der Waals surface area (Å²) in [5.41, 5.74) is 8.19. The van der Waals surface area contributed by atoms with Crippen LogP contribution in [0, 0.1) is 5.92 Å². The van der Waals surface area contributed by atoms with Crippen molar-refractivity contribution < 1.29 is 9.59 Å². The maximum absolute atomic E-state index is 12.2. The molecule has 0 fully saturated rings. The number of primary amides is 1. The molecule has 4 nitrogen and oxygen atoms in total. The summed E-state index contributed by atoms with van der Waals surface area (Å²) in [6, 6.07) is 16.9. The van der Waals surface area contributed by atoms with Gasteiger partial charge in [-0.05, 0) is 35.6 Å². The molecule has 0 spiro atoms. The van der Waals surface area contributed by atoms with Crippen LogP contribution in [-0.4, -0.2) is 17.9 Å². The van der Waals surface area contributed by atoms with Crippen LogP contribution in [0.1, 0.15) is 35.3 Å². The molecule has 0 heterocycles. The number of hydrogen-bond acceptors (Lipinski definition) is 2. The number of nitrogens with one attached hydrogen (secondary N) is 1. The van der Waals surface area contributed by atoms with E-state index in [1.807, 2.05) is 44.2 Å². The van der Waals surface area contributed by atoms with Gasteiger partial charge in [0.2, 0.25) is 5.91 Å². The highest BCUT2D eigenvalue weighted by Crippen LogP contribution is 2.11. The fourth-order valence-corrected chi connectivity index (χ4v) is 2.40. The molecule has 0 aliphatic rings. The Balaban J connectivity index is 2.04. The SMILES string of the molecule is CC(C)[C@@H](NC(=O)c1ccc(Cc2ccccc2)cc1)C(N)=O. The first kappa shape index (κ1) is 16.7. The van der Waals surface area contributed by atoms with E-state index >= 15 is 0 Å². The maximum atomic E-state index is 12.2. The summed E-state index contributed by atoms with van der Waals surface area (Å²) in [4.78, 5) is 23.6. The molecule has 0 radical (unpaired) electrons. The smallest absolute Gasteiger partial charge is 0.251 e. The summed E-state index contributed by atoms with van der Waals surface area (Å²) in [5.74, 6) is -0.850. The summed E-state index contributed by atoms with van der Waals surface area (Å²) in [5, 5.41) is 2.69. The van der Waals surface area contributed by atoms with Gasteiger partial charge in [0.1, 0.15) is 6.04 Å². The molecule has 0 aliphatic heterocycles. The second kappa shape index (κ2) is 7.58. The Kier molecular flexibility index (Phi) is 5.52. The molecule has 4 heteroatoms. The van der Waals surface area contributed by atoms with E-state index in [-0.39, 0.29) is 11.8 Å². The predicted octanol–water partition coefficient (Wildman–Crippen LogP) is 2.52. The molecule has 0 bridgehead atoms. The van der Waals surface area contributed by atoms with E-state index in [9.17, 15) is 9.59 Å². The van der Waals surface area contributed by atoms with Crippen LogP contribution in [0.5, 0.6) is 0 Å². The largest absolute Gasteiger partial charge is 0.368 e. The Bertz CT molecular complexity index is 664. The van der Waals surface area contributed by atoms with E-state index in [0.717, 1.165) is 12.0 Å². The third-order valence-corrected chi connectivity index (χ3v) is 3.73. The number of rotatable bonds is 6. The van der Waals surface area contributed by atoms with Crippen LogP contribution in [0.3, 0.4) is 0 Å². The summed E-state index contributed by atoms with van der Waals surface area (Å²) in [6.07, 6.45) is 0.818. The number of amides is 2. The number of hydrogen-bond donors (Lipinski definition) is 2. The first-order valence-electron chi connectivity index (χ1n) is 7.70. The Morgan fingerprint density at radius 3 is 2.04 bits per heavy atom. The molecule has 1 atom stereocenters. The fraction of sp³-hybridized carbons (Fsp3) is 0.263. The van der Waals surface area contributed by atoms with Crippen LogP contribution in [0.4, 0.5) is 0 Å². The van der Waals surface area contributed by atoms with Gasteiger partial charge >= 0.3 is 0 Å². The van der Waals surface area contributed by atoms with Gasteiger partial charge in [-0.3, -0.25) is 9.59 Å². The highest BCUT2D eigenvalue weighted by atomic mass is 16.2. The first-order valence-corrected chi connectivity index (χ1v) is 7.70. The molecule has 120 valence electrons. The minimum Gasteiger partial charge on any atom is -0.368 e. The van der Waals surface area contributed by atoms with Crippen LogP contribution < -0.4 is 11.1 Å². The van der Waals surface area contributed by atoms with Crippen LogP contribution in [0.2, 0.25) is 0 Å². The van der Waals surface area contributed by atoms with Crippen LogP contribution in [0.25, 0.3) is 0 Å². The molecule has 0 saturated carbocycles. The van der Waals surface area contributed by atoms with Crippen molar-refractivity contribution in [3.8, 4) is 0 Å². The Morgan fingerprint density at radius 1 is 0.957 bits per heavy atom. The van der Waals surface area contributed by atoms with Gasteiger partial charge in [-0.1, -0.05) is 56.3 Å². The van der Waals surface area contributed by atoms with Crippen molar-refractivity contribution in [3.63, 3.8) is 0 Å². The van der Waals surface area contributed by atoms with Crippen LogP contribution in [-0.2, 0) is 11.2 Å². The van der Waals surface area contributed by atoms with Crippen molar-refractivity contribution in [1.82, 2.24) is 5.32 Å². The maximum Gasteiger partial charge on any atom is 0.251 e. The first-order chi connectivity index (χ1) is 11.0. The van der Waals surface area contributed by atoms with Gasteiger partial charge in [0.15, 0.2) is 0 Å². The number of benzene rings is 2. The third-order valence-electron chi connectivity index (χ3n) is 3.73. The van der Waals surface area contributed by atoms with Gasteiger partial charge in [-0.15, -0.1) is 0 Å². The van der Waals surface area contributed by atoms with E-state index in [0.29, 0.717) is 5.56 Å². The molecular formula is C19H22N2O2. The van der Waals surface area contributed by atoms with Crippen molar-refractivity contribution >= 4 is 11.8 Å². The Morgan fingerprint density at radius 2 is 1.52 bits per heavy atom. The molecule has 0 aromatic heterocycles. The molecule has 2 aromatic rings. The Labute approximate surface area is 136 Å². The van der Waals surface area contributed by atoms with Crippen molar-refractivity contribution in [3.05, 3.63) is 71.3 Å². The molecule has 0 aliphatic carbocycles. The summed E-state index contributed by atoms with van der Waals surface area (Å²) in [7, 11) is 0. The lowest BCUT2D eigenvalue weighted by molar-refractivity contribution is -0.120. The van der Waals surface area contributed by atoms with Gasteiger partial charge in [0, 0.05) is 5.56 Å².